The Balaban J connectivity index is 1.98. The minimum atomic E-state index is -0.211. The monoisotopic (exact) mass is 197 g/mol. The van der Waals surface area contributed by atoms with E-state index in [0.717, 1.165) is 39.0 Å². The molecule has 1 saturated carbocycles. The molecule has 0 spiro atoms. The van der Waals surface area contributed by atoms with Crippen molar-refractivity contribution >= 4 is 5.91 Å². The van der Waals surface area contributed by atoms with E-state index in [-0.39, 0.29) is 5.54 Å². The zero-order valence-electron chi connectivity index (χ0n) is 8.81. The molecule has 0 aromatic rings. The summed E-state index contributed by atoms with van der Waals surface area (Å²) >= 11 is 0. The molecule has 0 atom stereocenters. The van der Waals surface area contributed by atoms with Crippen LogP contribution in [0.25, 0.3) is 0 Å². The first-order valence-electron chi connectivity index (χ1n) is 5.47. The molecule has 0 aromatic carbocycles. The normalized spacial score (nSPS) is 25.6. The third-order valence-corrected chi connectivity index (χ3v) is 3.50. The number of carbonyl (C=O) groups is 1. The Morgan fingerprint density at radius 3 is 2.43 bits per heavy atom. The minimum Gasteiger partial charge on any atom is -0.339 e. The summed E-state index contributed by atoms with van der Waals surface area (Å²) in [6.07, 6.45) is 3.19. The fourth-order valence-corrected chi connectivity index (χ4v) is 2.27. The molecule has 1 amide bonds. The molecule has 80 valence electrons. The van der Waals surface area contributed by atoms with Crippen LogP contribution in [0.15, 0.2) is 0 Å². The minimum absolute atomic E-state index is 0.211. The second-order valence-corrected chi connectivity index (χ2v) is 4.23. The van der Waals surface area contributed by atoms with Gasteiger partial charge in [0, 0.05) is 26.2 Å². The SMILES string of the molecule is CNC1(C(=O)N2CCNCC2)CCC1. The zero-order valence-corrected chi connectivity index (χ0v) is 8.81. The molecule has 2 rings (SSSR count). The van der Waals surface area contributed by atoms with E-state index in [2.05, 4.69) is 10.6 Å². The summed E-state index contributed by atoms with van der Waals surface area (Å²) in [5, 5.41) is 6.46. The summed E-state index contributed by atoms with van der Waals surface area (Å²) in [7, 11) is 1.90. The molecule has 1 saturated heterocycles. The molecule has 1 heterocycles. The summed E-state index contributed by atoms with van der Waals surface area (Å²) in [4.78, 5) is 14.2. The number of carbonyl (C=O) groups excluding carboxylic acids is 1. The predicted octanol–water partition coefficient (Wildman–Crippen LogP) is -0.440. The van der Waals surface area contributed by atoms with Crippen LogP contribution in [-0.2, 0) is 4.79 Å². The fraction of sp³-hybridized carbons (Fsp3) is 0.900. The van der Waals surface area contributed by atoms with E-state index in [1.807, 2.05) is 11.9 Å². The van der Waals surface area contributed by atoms with Crippen molar-refractivity contribution in [3.05, 3.63) is 0 Å². The van der Waals surface area contributed by atoms with Gasteiger partial charge >= 0.3 is 0 Å². The lowest BCUT2D eigenvalue weighted by molar-refractivity contribution is -0.142. The van der Waals surface area contributed by atoms with Gasteiger partial charge in [-0.3, -0.25) is 4.79 Å². The summed E-state index contributed by atoms with van der Waals surface area (Å²) in [5.41, 5.74) is -0.211. The van der Waals surface area contributed by atoms with E-state index in [4.69, 9.17) is 0 Å². The van der Waals surface area contributed by atoms with Gasteiger partial charge in [0.2, 0.25) is 5.91 Å². The van der Waals surface area contributed by atoms with Gasteiger partial charge in [0.15, 0.2) is 0 Å². The number of rotatable bonds is 2. The van der Waals surface area contributed by atoms with Crippen LogP contribution in [-0.4, -0.2) is 49.6 Å². The van der Waals surface area contributed by atoms with Gasteiger partial charge in [0.25, 0.3) is 0 Å². The predicted molar refractivity (Wildman–Crippen MR) is 55.1 cm³/mol. The van der Waals surface area contributed by atoms with Crippen LogP contribution in [0.5, 0.6) is 0 Å². The van der Waals surface area contributed by atoms with E-state index >= 15 is 0 Å². The summed E-state index contributed by atoms with van der Waals surface area (Å²) in [6.45, 7) is 3.60. The van der Waals surface area contributed by atoms with Gasteiger partial charge in [-0.25, -0.2) is 0 Å². The molecule has 1 aliphatic heterocycles. The van der Waals surface area contributed by atoms with Crippen LogP contribution in [0, 0.1) is 0 Å². The molecule has 4 heteroatoms. The van der Waals surface area contributed by atoms with Crippen LogP contribution in [0.3, 0.4) is 0 Å². The number of hydrogen-bond acceptors (Lipinski definition) is 3. The Morgan fingerprint density at radius 1 is 1.36 bits per heavy atom. The van der Waals surface area contributed by atoms with Crippen LogP contribution < -0.4 is 10.6 Å². The maximum atomic E-state index is 12.2. The summed E-state index contributed by atoms with van der Waals surface area (Å²) in [5.74, 6) is 0.313. The van der Waals surface area contributed by atoms with Crippen molar-refractivity contribution in [3.8, 4) is 0 Å². The molecule has 0 unspecified atom stereocenters. The molecule has 0 radical (unpaired) electrons. The van der Waals surface area contributed by atoms with E-state index in [9.17, 15) is 4.79 Å². The number of piperazine rings is 1. The van der Waals surface area contributed by atoms with Crippen molar-refractivity contribution in [3.63, 3.8) is 0 Å². The van der Waals surface area contributed by atoms with E-state index in [1.54, 1.807) is 0 Å². The molecule has 1 aliphatic carbocycles. The molecular formula is C10H19N3O. The molecule has 0 aromatic heterocycles. The van der Waals surface area contributed by atoms with Gasteiger partial charge in [0.05, 0.1) is 5.54 Å². The Hall–Kier alpha value is -0.610. The Kier molecular flexibility index (Phi) is 2.74. The average Bonchev–Trinajstić information content (AvgIpc) is 2.18. The lowest BCUT2D eigenvalue weighted by Crippen LogP contribution is -2.63. The maximum Gasteiger partial charge on any atom is 0.242 e. The molecule has 2 N–H and O–H groups in total. The standard InChI is InChI=1S/C10H19N3O/c1-11-10(3-2-4-10)9(14)13-7-5-12-6-8-13/h11-12H,2-8H2,1H3. The van der Waals surface area contributed by atoms with E-state index < -0.39 is 0 Å². The average molecular weight is 197 g/mol. The first-order valence-corrected chi connectivity index (χ1v) is 5.47. The number of nitrogens with one attached hydrogen (secondary N) is 2. The lowest BCUT2D eigenvalue weighted by Gasteiger charge is -2.44. The van der Waals surface area contributed by atoms with Gasteiger partial charge in [0.1, 0.15) is 0 Å². The van der Waals surface area contributed by atoms with Crippen molar-refractivity contribution in [2.75, 3.05) is 33.2 Å². The van der Waals surface area contributed by atoms with Crippen LogP contribution in [0.2, 0.25) is 0 Å². The molecule has 0 bridgehead atoms. The lowest BCUT2D eigenvalue weighted by atomic mass is 9.75. The van der Waals surface area contributed by atoms with Gasteiger partial charge in [-0.15, -0.1) is 0 Å². The molecule has 14 heavy (non-hydrogen) atoms. The first-order chi connectivity index (χ1) is 6.78. The molecule has 2 aliphatic rings. The highest BCUT2D eigenvalue weighted by molar-refractivity contribution is 5.87. The molecular weight excluding hydrogens is 178 g/mol. The van der Waals surface area contributed by atoms with Gasteiger partial charge in [-0.2, -0.15) is 0 Å². The third kappa shape index (κ3) is 1.53. The highest BCUT2D eigenvalue weighted by Crippen LogP contribution is 2.33. The van der Waals surface area contributed by atoms with Crippen molar-refractivity contribution < 1.29 is 4.79 Å². The first kappa shape index (κ1) is 9.93. The van der Waals surface area contributed by atoms with Crippen molar-refractivity contribution in [1.29, 1.82) is 0 Å². The zero-order chi connectivity index (χ0) is 10.0. The number of amides is 1. The van der Waals surface area contributed by atoms with Gasteiger partial charge in [-0.05, 0) is 26.3 Å². The highest BCUT2D eigenvalue weighted by Gasteiger charge is 2.44. The number of likely N-dealkylation sites (N-methyl/N-ethyl adjacent to an activating group) is 1. The van der Waals surface area contributed by atoms with Crippen LogP contribution >= 0.6 is 0 Å². The second kappa shape index (κ2) is 3.87. The Bertz CT molecular complexity index is 214. The molecule has 4 nitrogen and oxygen atoms in total. The number of hydrogen-bond donors (Lipinski definition) is 2. The quantitative estimate of drug-likeness (QED) is 0.631. The smallest absolute Gasteiger partial charge is 0.242 e. The highest BCUT2D eigenvalue weighted by atomic mass is 16.2. The van der Waals surface area contributed by atoms with Crippen molar-refractivity contribution in [2.45, 2.75) is 24.8 Å². The summed E-state index contributed by atoms with van der Waals surface area (Å²) in [6, 6.07) is 0. The largest absolute Gasteiger partial charge is 0.339 e. The van der Waals surface area contributed by atoms with Crippen molar-refractivity contribution in [2.24, 2.45) is 0 Å². The van der Waals surface area contributed by atoms with Crippen LogP contribution in [0.1, 0.15) is 19.3 Å². The van der Waals surface area contributed by atoms with Crippen LogP contribution in [0.4, 0.5) is 0 Å². The van der Waals surface area contributed by atoms with Crippen molar-refractivity contribution in [1.82, 2.24) is 15.5 Å². The second-order valence-electron chi connectivity index (χ2n) is 4.23. The Morgan fingerprint density at radius 2 is 2.00 bits per heavy atom. The topological polar surface area (TPSA) is 44.4 Å². The summed E-state index contributed by atoms with van der Waals surface area (Å²) < 4.78 is 0. The maximum absolute atomic E-state index is 12.2. The van der Waals surface area contributed by atoms with E-state index in [0.29, 0.717) is 5.91 Å². The Labute approximate surface area is 85.0 Å². The fourth-order valence-electron chi connectivity index (χ4n) is 2.27. The number of nitrogens with zero attached hydrogens (tertiary/aromatic N) is 1. The third-order valence-electron chi connectivity index (χ3n) is 3.50. The molecule has 2 fully saturated rings. The van der Waals surface area contributed by atoms with Gasteiger partial charge in [-0.1, -0.05) is 0 Å². The van der Waals surface area contributed by atoms with Gasteiger partial charge < -0.3 is 15.5 Å². The van der Waals surface area contributed by atoms with E-state index in [1.165, 1.54) is 6.42 Å².